The number of aryl methyl sites for hydroxylation is 1. The molecule has 0 spiro atoms. The van der Waals surface area contributed by atoms with E-state index in [4.69, 9.17) is 4.74 Å². The molecule has 1 aliphatic rings. The molecule has 0 bridgehead atoms. The second kappa shape index (κ2) is 10.1. The van der Waals surface area contributed by atoms with Gasteiger partial charge in [0.25, 0.3) is 5.91 Å². The lowest BCUT2D eigenvalue weighted by molar-refractivity contribution is -0.151. The maximum Gasteiger partial charge on any atom is 0.309 e. The zero-order valence-corrected chi connectivity index (χ0v) is 17.5. The van der Waals surface area contributed by atoms with Crippen molar-refractivity contribution in [1.82, 2.24) is 14.9 Å². The van der Waals surface area contributed by atoms with Gasteiger partial charge < -0.3 is 14.6 Å². The molecule has 10 heteroatoms. The summed E-state index contributed by atoms with van der Waals surface area (Å²) in [6, 6.07) is 2.72. The Morgan fingerprint density at radius 3 is 2.73 bits per heavy atom. The van der Waals surface area contributed by atoms with Crippen LogP contribution in [0, 0.1) is 5.92 Å². The first-order chi connectivity index (χ1) is 14.5. The summed E-state index contributed by atoms with van der Waals surface area (Å²) in [4.78, 5) is 56.1. The molecule has 0 aromatic carbocycles. The Morgan fingerprint density at radius 2 is 2.07 bits per heavy atom. The van der Waals surface area contributed by atoms with Crippen LogP contribution in [0.15, 0.2) is 28.5 Å². The first-order valence-electron chi connectivity index (χ1n) is 9.85. The minimum atomic E-state index is -0.368. The van der Waals surface area contributed by atoms with Gasteiger partial charge in [-0.2, -0.15) is 0 Å². The van der Waals surface area contributed by atoms with Gasteiger partial charge in [0.1, 0.15) is 0 Å². The Kier molecular flexibility index (Phi) is 7.34. The number of amides is 2. The largest absolute Gasteiger partial charge is 0.466 e. The molecule has 3 rings (SSSR count). The van der Waals surface area contributed by atoms with Crippen molar-refractivity contribution in [3.63, 3.8) is 0 Å². The van der Waals surface area contributed by atoms with Crippen LogP contribution in [-0.2, 0) is 20.7 Å². The number of pyridine rings is 1. The highest BCUT2D eigenvalue weighted by Crippen LogP contribution is 2.21. The molecule has 1 saturated heterocycles. The van der Waals surface area contributed by atoms with Gasteiger partial charge in [-0.25, -0.2) is 4.98 Å². The summed E-state index contributed by atoms with van der Waals surface area (Å²) in [5.74, 6) is -0.638. The number of anilines is 1. The predicted octanol–water partition coefficient (Wildman–Crippen LogP) is 1.82. The van der Waals surface area contributed by atoms with E-state index in [2.05, 4.69) is 15.3 Å². The van der Waals surface area contributed by atoms with Crippen LogP contribution < -0.4 is 10.9 Å². The molecule has 30 heavy (non-hydrogen) atoms. The average Bonchev–Trinajstić information content (AvgIpc) is 3.20. The molecule has 0 radical (unpaired) electrons. The van der Waals surface area contributed by atoms with Gasteiger partial charge in [0.05, 0.1) is 23.8 Å². The smallest absolute Gasteiger partial charge is 0.309 e. The number of likely N-dealkylation sites (tertiary alicyclic amines) is 1. The summed E-state index contributed by atoms with van der Waals surface area (Å²) in [7, 11) is 0. The maximum absolute atomic E-state index is 12.5. The number of piperidine rings is 1. The minimum Gasteiger partial charge on any atom is -0.466 e. The second-order valence-electron chi connectivity index (χ2n) is 6.95. The number of H-pyrrole nitrogens is 1. The van der Waals surface area contributed by atoms with Crippen LogP contribution in [0.3, 0.4) is 0 Å². The summed E-state index contributed by atoms with van der Waals surface area (Å²) in [5, 5.41) is 4.92. The van der Waals surface area contributed by atoms with Crippen molar-refractivity contribution in [3.05, 3.63) is 45.3 Å². The molecular weight excluding hydrogens is 408 g/mol. The van der Waals surface area contributed by atoms with E-state index in [0.29, 0.717) is 56.1 Å². The summed E-state index contributed by atoms with van der Waals surface area (Å²) >= 11 is 1.28. The normalized spacial score (nSPS) is 14.4. The van der Waals surface area contributed by atoms with Gasteiger partial charge in [-0.05, 0) is 32.3 Å². The van der Waals surface area contributed by atoms with E-state index in [0.717, 1.165) is 5.69 Å². The zero-order valence-electron chi connectivity index (χ0n) is 16.7. The van der Waals surface area contributed by atoms with E-state index in [1.165, 1.54) is 29.7 Å². The number of aromatic nitrogens is 2. The molecular formula is C20H24N4O5S. The van der Waals surface area contributed by atoms with Crippen molar-refractivity contribution in [1.29, 1.82) is 0 Å². The van der Waals surface area contributed by atoms with Crippen molar-refractivity contribution < 1.29 is 19.1 Å². The van der Waals surface area contributed by atoms with Crippen LogP contribution in [-0.4, -0.2) is 52.3 Å². The third kappa shape index (κ3) is 5.76. The standard InChI is InChI=1S/C20H24N4O5S/c1-2-29-19(28)13-7-9-24(10-8-13)17(26)6-4-15-12-30-20(22-15)23-18(27)14-3-5-16(25)21-11-14/h3,5,11-13H,2,4,6-10H2,1H3,(H,21,25)(H,22,23,27). The molecule has 1 aliphatic heterocycles. The monoisotopic (exact) mass is 432 g/mol. The molecule has 0 atom stereocenters. The SMILES string of the molecule is CCOC(=O)C1CCN(C(=O)CCc2csc(NC(=O)c3ccc(=O)[nH]c3)n2)CC1. The lowest BCUT2D eigenvalue weighted by atomic mass is 9.96. The Bertz CT molecular complexity index is 942. The van der Waals surface area contributed by atoms with E-state index >= 15 is 0 Å². The quantitative estimate of drug-likeness (QED) is 0.644. The zero-order chi connectivity index (χ0) is 21.5. The van der Waals surface area contributed by atoms with Crippen molar-refractivity contribution in [2.75, 3.05) is 25.0 Å². The van der Waals surface area contributed by atoms with E-state index in [9.17, 15) is 19.2 Å². The first kappa shape index (κ1) is 21.7. The third-order valence-corrected chi connectivity index (χ3v) is 5.69. The number of thiazole rings is 1. The predicted molar refractivity (Wildman–Crippen MR) is 111 cm³/mol. The molecule has 2 aromatic heterocycles. The van der Waals surface area contributed by atoms with Gasteiger partial charge in [0, 0.05) is 37.2 Å². The number of aromatic amines is 1. The Labute approximate surface area is 177 Å². The van der Waals surface area contributed by atoms with E-state index in [-0.39, 0.29) is 29.3 Å². The highest BCUT2D eigenvalue weighted by atomic mass is 32.1. The van der Waals surface area contributed by atoms with Gasteiger partial charge in [-0.3, -0.25) is 24.5 Å². The van der Waals surface area contributed by atoms with Crippen molar-refractivity contribution in [2.45, 2.75) is 32.6 Å². The van der Waals surface area contributed by atoms with Crippen LogP contribution in [0.4, 0.5) is 5.13 Å². The van der Waals surface area contributed by atoms with Crippen molar-refractivity contribution >= 4 is 34.3 Å². The topological polar surface area (TPSA) is 121 Å². The van der Waals surface area contributed by atoms with E-state index in [1.807, 2.05) is 5.38 Å². The van der Waals surface area contributed by atoms with Crippen LogP contribution >= 0.6 is 11.3 Å². The summed E-state index contributed by atoms with van der Waals surface area (Å²) in [6.45, 7) is 3.27. The summed E-state index contributed by atoms with van der Waals surface area (Å²) < 4.78 is 5.05. The highest BCUT2D eigenvalue weighted by molar-refractivity contribution is 7.14. The maximum atomic E-state index is 12.5. The fourth-order valence-electron chi connectivity index (χ4n) is 3.22. The van der Waals surface area contributed by atoms with Crippen LogP contribution in [0.2, 0.25) is 0 Å². The number of carbonyl (C=O) groups excluding carboxylic acids is 3. The summed E-state index contributed by atoms with van der Waals surface area (Å²) in [5.41, 5.74) is 0.775. The average molecular weight is 433 g/mol. The molecule has 1 fully saturated rings. The van der Waals surface area contributed by atoms with Crippen molar-refractivity contribution in [2.24, 2.45) is 5.92 Å². The van der Waals surface area contributed by atoms with Gasteiger partial charge >= 0.3 is 5.97 Å². The number of ether oxygens (including phenoxy) is 1. The number of hydrogen-bond donors (Lipinski definition) is 2. The van der Waals surface area contributed by atoms with Crippen LogP contribution in [0.25, 0.3) is 0 Å². The van der Waals surface area contributed by atoms with E-state index < -0.39 is 0 Å². The second-order valence-corrected chi connectivity index (χ2v) is 7.80. The first-order valence-corrected chi connectivity index (χ1v) is 10.7. The third-order valence-electron chi connectivity index (χ3n) is 4.88. The van der Waals surface area contributed by atoms with Gasteiger partial charge in [0.2, 0.25) is 11.5 Å². The minimum absolute atomic E-state index is 0.0316. The fourth-order valence-corrected chi connectivity index (χ4v) is 3.96. The lowest BCUT2D eigenvalue weighted by Crippen LogP contribution is -2.40. The van der Waals surface area contributed by atoms with E-state index in [1.54, 1.807) is 11.8 Å². The molecule has 2 N–H and O–H groups in total. The molecule has 2 aromatic rings. The fraction of sp³-hybridized carbons (Fsp3) is 0.450. The highest BCUT2D eigenvalue weighted by Gasteiger charge is 2.28. The molecule has 0 saturated carbocycles. The van der Waals surface area contributed by atoms with Gasteiger partial charge in [-0.15, -0.1) is 11.3 Å². The Morgan fingerprint density at radius 1 is 1.30 bits per heavy atom. The molecule has 9 nitrogen and oxygen atoms in total. The number of esters is 1. The molecule has 160 valence electrons. The summed E-state index contributed by atoms with van der Waals surface area (Å²) in [6.07, 6.45) is 3.39. The van der Waals surface area contributed by atoms with Crippen LogP contribution in [0.5, 0.6) is 0 Å². The molecule has 0 aliphatic carbocycles. The number of carbonyl (C=O) groups is 3. The van der Waals surface area contributed by atoms with Crippen LogP contribution in [0.1, 0.15) is 42.2 Å². The number of rotatable bonds is 7. The van der Waals surface area contributed by atoms with Gasteiger partial charge in [0.15, 0.2) is 5.13 Å². The van der Waals surface area contributed by atoms with Crippen molar-refractivity contribution in [3.8, 4) is 0 Å². The lowest BCUT2D eigenvalue weighted by Gasteiger charge is -2.30. The van der Waals surface area contributed by atoms with Gasteiger partial charge in [-0.1, -0.05) is 0 Å². The number of hydrogen-bond acceptors (Lipinski definition) is 7. The molecule has 2 amide bonds. The molecule has 0 unspecified atom stereocenters. The number of nitrogens with one attached hydrogen (secondary N) is 2. The Hall–Kier alpha value is -3.01. The molecule has 3 heterocycles. The Balaban J connectivity index is 1.44. The number of nitrogens with zero attached hydrogens (tertiary/aromatic N) is 2.